The molecule has 0 aliphatic rings. The van der Waals surface area contributed by atoms with Crippen LogP contribution in [0.3, 0.4) is 0 Å². The second-order valence-electron chi connectivity index (χ2n) is 9.65. The van der Waals surface area contributed by atoms with E-state index in [1.54, 1.807) is 6.07 Å². The molecule has 3 nitrogen and oxygen atoms in total. The van der Waals surface area contributed by atoms with E-state index in [4.69, 9.17) is 16.3 Å². The Hall–Kier alpha value is -3.48. The molecule has 7 heteroatoms. The topological polar surface area (TPSA) is 24.5 Å². The van der Waals surface area contributed by atoms with Crippen LogP contribution in [0, 0.1) is 0 Å². The van der Waals surface area contributed by atoms with Gasteiger partial charge >= 0.3 is 6.18 Å². The molecule has 4 aromatic rings. The van der Waals surface area contributed by atoms with Crippen LogP contribution in [0.2, 0.25) is 5.02 Å². The molecule has 0 aromatic heterocycles. The van der Waals surface area contributed by atoms with Crippen molar-refractivity contribution in [1.82, 2.24) is 4.90 Å². The van der Waals surface area contributed by atoms with Gasteiger partial charge in [0, 0.05) is 43.9 Å². The molecule has 0 spiro atoms. The van der Waals surface area contributed by atoms with Crippen molar-refractivity contribution in [3.63, 3.8) is 0 Å². The van der Waals surface area contributed by atoms with Crippen LogP contribution in [-0.4, -0.2) is 31.1 Å². The van der Waals surface area contributed by atoms with E-state index >= 15 is 0 Å². The predicted molar refractivity (Wildman–Crippen MR) is 157 cm³/mol. The third kappa shape index (κ3) is 8.26. The van der Waals surface area contributed by atoms with Crippen molar-refractivity contribution in [1.29, 1.82) is 0 Å². The Morgan fingerprint density at radius 3 is 2.12 bits per heavy atom. The molecule has 1 N–H and O–H groups in total. The Balaban J connectivity index is 1.55. The highest BCUT2D eigenvalue weighted by Gasteiger charge is 2.34. The maximum absolute atomic E-state index is 13.6. The molecule has 0 saturated carbocycles. The van der Waals surface area contributed by atoms with E-state index in [9.17, 15) is 13.2 Å². The number of nitrogens with one attached hydrogen (secondary N) is 1. The summed E-state index contributed by atoms with van der Waals surface area (Å²) in [7, 11) is 0. The van der Waals surface area contributed by atoms with Crippen molar-refractivity contribution in [2.75, 3.05) is 31.6 Å². The smallest absolute Gasteiger partial charge is 0.417 e. The minimum atomic E-state index is -4.51. The Kier molecular flexibility index (Phi) is 10.5. The second kappa shape index (κ2) is 14.2. The normalized spacial score (nSPS) is 11.7. The van der Waals surface area contributed by atoms with E-state index in [1.807, 2.05) is 67.6 Å². The molecule has 0 heterocycles. The molecule has 0 fully saturated rings. The lowest BCUT2D eigenvalue weighted by Gasteiger charge is -2.29. The van der Waals surface area contributed by atoms with E-state index in [-0.39, 0.29) is 17.5 Å². The Morgan fingerprint density at radius 1 is 0.850 bits per heavy atom. The molecule has 0 unspecified atom stereocenters. The highest BCUT2D eigenvalue weighted by atomic mass is 35.5. The Morgan fingerprint density at radius 2 is 1.50 bits per heavy atom. The lowest BCUT2D eigenvalue weighted by atomic mass is 9.90. The highest BCUT2D eigenvalue weighted by molar-refractivity contribution is 6.32. The number of halogens is 4. The molecule has 4 rings (SSSR count). The second-order valence-corrected chi connectivity index (χ2v) is 10.0. The van der Waals surface area contributed by atoms with Crippen LogP contribution in [0.15, 0.2) is 103 Å². The largest absolute Gasteiger partial charge is 0.493 e. The van der Waals surface area contributed by atoms with Crippen molar-refractivity contribution >= 4 is 17.3 Å². The first-order valence-corrected chi connectivity index (χ1v) is 13.9. The average molecular weight is 567 g/mol. The fraction of sp³-hybridized carbons (Fsp3) is 0.273. The van der Waals surface area contributed by atoms with Gasteiger partial charge in [-0.2, -0.15) is 13.2 Å². The van der Waals surface area contributed by atoms with Crippen LogP contribution in [0.1, 0.15) is 41.5 Å². The Bertz CT molecular complexity index is 1290. The number of anilines is 1. The van der Waals surface area contributed by atoms with E-state index < -0.39 is 11.7 Å². The Labute approximate surface area is 239 Å². The summed E-state index contributed by atoms with van der Waals surface area (Å²) in [6.07, 6.45) is -3.82. The minimum Gasteiger partial charge on any atom is -0.493 e. The van der Waals surface area contributed by atoms with Crippen molar-refractivity contribution in [2.24, 2.45) is 0 Å². The molecule has 0 bridgehead atoms. The summed E-state index contributed by atoms with van der Waals surface area (Å²) in [6, 6.07) is 32.3. The number of nitrogens with zero attached hydrogens (tertiary/aromatic N) is 1. The summed E-state index contributed by atoms with van der Waals surface area (Å²) in [5.41, 5.74) is 2.93. The molecule has 210 valence electrons. The number of ether oxygens (including phenoxy) is 1. The van der Waals surface area contributed by atoms with Crippen LogP contribution in [0.25, 0.3) is 0 Å². The van der Waals surface area contributed by atoms with Crippen molar-refractivity contribution < 1.29 is 17.9 Å². The first-order chi connectivity index (χ1) is 19.3. The zero-order valence-corrected chi connectivity index (χ0v) is 23.3. The third-order valence-corrected chi connectivity index (χ3v) is 7.17. The third-order valence-electron chi connectivity index (χ3n) is 6.73. The van der Waals surface area contributed by atoms with Crippen LogP contribution >= 0.6 is 11.6 Å². The van der Waals surface area contributed by atoms with Crippen molar-refractivity contribution in [3.05, 3.63) is 130 Å². The summed E-state index contributed by atoms with van der Waals surface area (Å²) in [5.74, 6) is 0.807. The van der Waals surface area contributed by atoms with Gasteiger partial charge < -0.3 is 10.1 Å². The summed E-state index contributed by atoms with van der Waals surface area (Å²) in [6.45, 7) is 4.85. The van der Waals surface area contributed by atoms with Gasteiger partial charge in [-0.25, -0.2) is 0 Å². The van der Waals surface area contributed by atoms with Gasteiger partial charge in [0.2, 0.25) is 0 Å². The first kappa shape index (κ1) is 29.5. The quantitative estimate of drug-likeness (QED) is 0.164. The molecule has 0 saturated heterocycles. The van der Waals surface area contributed by atoms with Crippen LogP contribution in [0.5, 0.6) is 5.75 Å². The summed E-state index contributed by atoms with van der Waals surface area (Å²) in [4.78, 5) is 2.17. The maximum atomic E-state index is 13.6. The zero-order valence-electron chi connectivity index (χ0n) is 22.5. The van der Waals surface area contributed by atoms with Gasteiger partial charge in [-0.15, -0.1) is 0 Å². The maximum Gasteiger partial charge on any atom is 0.417 e. The monoisotopic (exact) mass is 566 g/mol. The van der Waals surface area contributed by atoms with Gasteiger partial charge in [-0.3, -0.25) is 4.90 Å². The fourth-order valence-corrected chi connectivity index (χ4v) is 5.10. The van der Waals surface area contributed by atoms with Gasteiger partial charge in [-0.1, -0.05) is 90.5 Å². The SMILES string of the molecule is CCNc1cccc(OCCCN(Cc2cccc(C(F)(F)F)c2Cl)CC(c2ccccc2)c2ccccc2)c1. The number of rotatable bonds is 13. The predicted octanol–water partition coefficient (Wildman–Crippen LogP) is 8.89. The van der Waals surface area contributed by atoms with E-state index in [2.05, 4.69) is 34.5 Å². The number of alkyl halides is 3. The molecule has 0 aliphatic carbocycles. The summed E-state index contributed by atoms with van der Waals surface area (Å²) in [5, 5.41) is 3.03. The van der Waals surface area contributed by atoms with Gasteiger partial charge in [0.15, 0.2) is 0 Å². The zero-order chi connectivity index (χ0) is 28.4. The molecule has 40 heavy (non-hydrogen) atoms. The van der Waals surface area contributed by atoms with E-state index in [0.717, 1.165) is 35.2 Å². The van der Waals surface area contributed by atoms with Crippen LogP contribution in [-0.2, 0) is 12.7 Å². The molecule has 0 amide bonds. The minimum absolute atomic E-state index is 0.0321. The van der Waals surface area contributed by atoms with E-state index in [1.165, 1.54) is 6.07 Å². The van der Waals surface area contributed by atoms with Gasteiger partial charge in [-0.05, 0) is 48.2 Å². The van der Waals surface area contributed by atoms with Crippen molar-refractivity contribution in [2.45, 2.75) is 32.0 Å². The van der Waals surface area contributed by atoms with Crippen LogP contribution in [0.4, 0.5) is 18.9 Å². The average Bonchev–Trinajstić information content (AvgIpc) is 2.95. The van der Waals surface area contributed by atoms with Crippen molar-refractivity contribution in [3.8, 4) is 5.75 Å². The summed E-state index contributed by atoms with van der Waals surface area (Å²) >= 11 is 6.31. The number of benzene rings is 4. The van der Waals surface area contributed by atoms with Crippen LogP contribution < -0.4 is 10.1 Å². The standard InChI is InChI=1S/C33H34ClF3N2O/c1-2-38-28-17-10-18-29(22-28)40-21-11-20-39(23-27-16-9-19-31(32(27)34)33(35,36)37)24-30(25-12-5-3-6-13-25)26-14-7-4-8-15-26/h3-10,12-19,22,30,38H,2,11,20-21,23-24H2,1H3. The van der Waals surface area contributed by atoms with Gasteiger partial charge in [0.25, 0.3) is 0 Å². The number of hydrogen-bond acceptors (Lipinski definition) is 3. The number of hydrogen-bond donors (Lipinski definition) is 1. The molecular weight excluding hydrogens is 533 g/mol. The molecule has 0 atom stereocenters. The first-order valence-electron chi connectivity index (χ1n) is 13.5. The van der Waals surface area contributed by atoms with Gasteiger partial charge in [0.1, 0.15) is 5.75 Å². The lowest BCUT2D eigenvalue weighted by molar-refractivity contribution is -0.137. The lowest BCUT2D eigenvalue weighted by Crippen LogP contribution is -2.31. The molecule has 0 radical (unpaired) electrons. The molecule has 4 aromatic carbocycles. The highest BCUT2D eigenvalue weighted by Crippen LogP contribution is 2.37. The molecular formula is C33H34ClF3N2O. The molecule has 0 aliphatic heterocycles. The van der Waals surface area contributed by atoms with E-state index in [0.29, 0.717) is 31.7 Å². The fourth-order valence-electron chi connectivity index (χ4n) is 4.81. The summed E-state index contributed by atoms with van der Waals surface area (Å²) < 4.78 is 46.8. The van der Waals surface area contributed by atoms with Gasteiger partial charge in [0.05, 0.1) is 17.2 Å².